The Morgan fingerprint density at radius 2 is 2.00 bits per heavy atom. The molecule has 1 aromatic rings. The third kappa shape index (κ3) is 1.58. The highest BCUT2D eigenvalue weighted by atomic mass is 16.2. The van der Waals surface area contributed by atoms with Gasteiger partial charge in [-0.2, -0.15) is 0 Å². The Morgan fingerprint density at radius 1 is 1.22 bits per heavy atom. The number of rotatable bonds is 1. The lowest BCUT2D eigenvalue weighted by molar-refractivity contribution is -0.135. The van der Waals surface area contributed by atoms with Gasteiger partial charge in [-0.15, -0.1) is 0 Å². The number of amides is 1. The molecule has 1 aliphatic carbocycles. The average molecular weight is 243 g/mol. The monoisotopic (exact) mass is 243 g/mol. The van der Waals surface area contributed by atoms with Crippen molar-refractivity contribution in [1.82, 2.24) is 4.90 Å². The Kier molecular flexibility index (Phi) is 2.89. The molecule has 0 radical (unpaired) electrons. The van der Waals surface area contributed by atoms with Gasteiger partial charge in [-0.1, -0.05) is 43.2 Å². The van der Waals surface area contributed by atoms with Crippen molar-refractivity contribution in [1.29, 1.82) is 0 Å². The van der Waals surface area contributed by atoms with Crippen molar-refractivity contribution in [3.8, 4) is 0 Å². The molecule has 2 unspecified atom stereocenters. The minimum Gasteiger partial charge on any atom is -0.333 e. The zero-order chi connectivity index (χ0) is 12.6. The summed E-state index contributed by atoms with van der Waals surface area (Å²) in [5.41, 5.74) is 1.35. The molecule has 96 valence electrons. The van der Waals surface area contributed by atoms with Crippen LogP contribution in [0.1, 0.15) is 44.6 Å². The zero-order valence-electron chi connectivity index (χ0n) is 11.1. The van der Waals surface area contributed by atoms with Gasteiger partial charge in [0, 0.05) is 13.5 Å². The van der Waals surface area contributed by atoms with Gasteiger partial charge in [0.05, 0.1) is 5.54 Å². The van der Waals surface area contributed by atoms with Gasteiger partial charge in [0.1, 0.15) is 0 Å². The summed E-state index contributed by atoms with van der Waals surface area (Å²) in [5.74, 6) is 0.904. The van der Waals surface area contributed by atoms with Crippen LogP contribution in [0.15, 0.2) is 30.3 Å². The lowest BCUT2D eigenvalue weighted by atomic mass is 9.69. The van der Waals surface area contributed by atoms with Gasteiger partial charge >= 0.3 is 0 Å². The van der Waals surface area contributed by atoms with Crippen LogP contribution in [0.25, 0.3) is 0 Å². The van der Waals surface area contributed by atoms with Crippen LogP contribution in [-0.4, -0.2) is 17.4 Å². The van der Waals surface area contributed by atoms with Crippen LogP contribution in [0.2, 0.25) is 0 Å². The predicted molar refractivity (Wildman–Crippen MR) is 72.1 cm³/mol. The van der Waals surface area contributed by atoms with E-state index in [1.165, 1.54) is 31.2 Å². The molecule has 18 heavy (non-hydrogen) atoms. The zero-order valence-corrected chi connectivity index (χ0v) is 11.1. The summed E-state index contributed by atoms with van der Waals surface area (Å²) in [4.78, 5) is 14.2. The fourth-order valence-corrected chi connectivity index (χ4v) is 4.15. The minimum absolute atomic E-state index is 0.00530. The van der Waals surface area contributed by atoms with Crippen LogP contribution >= 0.6 is 0 Å². The van der Waals surface area contributed by atoms with Gasteiger partial charge < -0.3 is 4.90 Å². The third-order valence-corrected chi connectivity index (χ3v) is 4.87. The Hall–Kier alpha value is -1.31. The second kappa shape index (κ2) is 4.42. The van der Waals surface area contributed by atoms with Crippen molar-refractivity contribution in [2.24, 2.45) is 5.92 Å². The summed E-state index contributed by atoms with van der Waals surface area (Å²) >= 11 is 0. The molecule has 2 aliphatic rings. The summed E-state index contributed by atoms with van der Waals surface area (Å²) in [7, 11) is 0. The van der Waals surface area contributed by atoms with E-state index in [1.54, 1.807) is 6.92 Å². The smallest absolute Gasteiger partial charge is 0.220 e. The van der Waals surface area contributed by atoms with Crippen molar-refractivity contribution in [3.63, 3.8) is 0 Å². The van der Waals surface area contributed by atoms with E-state index in [0.29, 0.717) is 5.92 Å². The second-order valence-corrected chi connectivity index (χ2v) is 5.69. The van der Waals surface area contributed by atoms with Crippen molar-refractivity contribution in [3.05, 3.63) is 35.9 Å². The molecule has 1 heterocycles. The standard InChI is InChI=1S/C16H21NO/c1-13(18)17-12-10-15-9-5-6-11-16(15,17)14-7-3-2-4-8-14/h2-4,7-8,15H,5-6,9-12H2,1H3. The van der Waals surface area contributed by atoms with Crippen molar-refractivity contribution >= 4 is 5.91 Å². The summed E-state index contributed by atoms with van der Waals surface area (Å²) < 4.78 is 0. The Bertz CT molecular complexity index is 442. The van der Waals surface area contributed by atoms with Crippen molar-refractivity contribution in [2.75, 3.05) is 6.54 Å². The molecule has 1 saturated heterocycles. The molecule has 2 fully saturated rings. The maximum atomic E-state index is 12.0. The molecular formula is C16H21NO. The summed E-state index contributed by atoms with van der Waals surface area (Å²) in [6.45, 7) is 2.66. The van der Waals surface area contributed by atoms with E-state index in [2.05, 4.69) is 35.2 Å². The molecule has 1 amide bonds. The Morgan fingerprint density at radius 3 is 2.72 bits per heavy atom. The summed E-state index contributed by atoms with van der Waals surface area (Å²) in [6, 6.07) is 10.7. The summed E-state index contributed by atoms with van der Waals surface area (Å²) in [6.07, 6.45) is 6.16. The van der Waals surface area contributed by atoms with Gasteiger partial charge in [-0.05, 0) is 30.7 Å². The second-order valence-electron chi connectivity index (χ2n) is 5.69. The number of benzene rings is 1. The highest BCUT2D eigenvalue weighted by Crippen LogP contribution is 2.51. The van der Waals surface area contributed by atoms with Crippen LogP contribution in [0.4, 0.5) is 0 Å². The number of fused-ring (bicyclic) bond motifs is 1. The van der Waals surface area contributed by atoms with E-state index >= 15 is 0 Å². The van der Waals surface area contributed by atoms with Crippen LogP contribution in [0.3, 0.4) is 0 Å². The van der Waals surface area contributed by atoms with Crippen molar-refractivity contribution in [2.45, 2.75) is 44.6 Å². The number of carbonyl (C=O) groups is 1. The van der Waals surface area contributed by atoms with Crippen LogP contribution in [-0.2, 0) is 10.3 Å². The normalized spacial score (nSPS) is 31.2. The van der Waals surface area contributed by atoms with Crippen LogP contribution < -0.4 is 0 Å². The molecule has 3 rings (SSSR count). The fraction of sp³-hybridized carbons (Fsp3) is 0.562. The first-order chi connectivity index (χ1) is 8.75. The Balaban J connectivity index is 2.09. The number of hydrogen-bond donors (Lipinski definition) is 0. The molecule has 2 atom stereocenters. The average Bonchev–Trinajstić information content (AvgIpc) is 2.80. The molecule has 1 aliphatic heterocycles. The van der Waals surface area contributed by atoms with Crippen molar-refractivity contribution < 1.29 is 4.79 Å². The van der Waals surface area contributed by atoms with Gasteiger partial charge in [0.15, 0.2) is 0 Å². The minimum atomic E-state index is 0.00530. The predicted octanol–water partition coefficient (Wildman–Crippen LogP) is 3.32. The quantitative estimate of drug-likeness (QED) is 0.741. The molecule has 0 spiro atoms. The highest BCUT2D eigenvalue weighted by Gasteiger charge is 2.51. The molecule has 2 heteroatoms. The first-order valence-electron chi connectivity index (χ1n) is 7.09. The SMILES string of the molecule is CC(=O)N1CCC2CCCCC21c1ccccc1. The van der Waals surface area contributed by atoms with E-state index in [-0.39, 0.29) is 11.4 Å². The van der Waals surface area contributed by atoms with Gasteiger partial charge in [-0.25, -0.2) is 0 Å². The van der Waals surface area contributed by atoms with Crippen LogP contribution in [0, 0.1) is 5.92 Å². The molecule has 2 nitrogen and oxygen atoms in total. The lowest BCUT2D eigenvalue weighted by Crippen LogP contribution is -2.48. The van der Waals surface area contributed by atoms with E-state index in [1.807, 2.05) is 0 Å². The first-order valence-corrected chi connectivity index (χ1v) is 7.09. The number of hydrogen-bond acceptors (Lipinski definition) is 1. The number of carbonyl (C=O) groups excluding carboxylic acids is 1. The van der Waals surface area contributed by atoms with Gasteiger partial charge in [0.25, 0.3) is 0 Å². The largest absolute Gasteiger partial charge is 0.333 e. The highest BCUT2D eigenvalue weighted by molar-refractivity contribution is 5.75. The first kappa shape index (κ1) is 11.8. The van der Waals surface area contributed by atoms with Gasteiger partial charge in [0.2, 0.25) is 5.91 Å². The van der Waals surface area contributed by atoms with E-state index in [9.17, 15) is 4.79 Å². The molecule has 0 aromatic heterocycles. The third-order valence-electron chi connectivity index (χ3n) is 4.87. The molecule has 1 aromatic carbocycles. The fourth-order valence-electron chi connectivity index (χ4n) is 4.15. The maximum Gasteiger partial charge on any atom is 0.220 e. The molecule has 0 N–H and O–H groups in total. The molecular weight excluding hydrogens is 222 g/mol. The van der Waals surface area contributed by atoms with E-state index in [4.69, 9.17) is 0 Å². The number of likely N-dealkylation sites (tertiary alicyclic amines) is 1. The maximum absolute atomic E-state index is 12.0. The summed E-state index contributed by atoms with van der Waals surface area (Å²) in [5, 5.41) is 0. The number of nitrogens with zero attached hydrogens (tertiary/aromatic N) is 1. The van der Waals surface area contributed by atoms with Gasteiger partial charge in [-0.3, -0.25) is 4.79 Å². The topological polar surface area (TPSA) is 20.3 Å². The lowest BCUT2D eigenvalue weighted by Gasteiger charge is -2.45. The molecule has 0 bridgehead atoms. The molecule has 1 saturated carbocycles. The van der Waals surface area contributed by atoms with Crippen LogP contribution in [0.5, 0.6) is 0 Å². The Labute approximate surface area is 109 Å². The van der Waals surface area contributed by atoms with E-state index < -0.39 is 0 Å². The van der Waals surface area contributed by atoms with E-state index in [0.717, 1.165) is 13.0 Å².